The van der Waals surface area contributed by atoms with Crippen LogP contribution in [0.15, 0.2) is 23.0 Å². The van der Waals surface area contributed by atoms with Crippen LogP contribution in [-0.2, 0) is 0 Å². The highest BCUT2D eigenvalue weighted by Gasteiger charge is 2.02. The fourth-order valence-corrected chi connectivity index (χ4v) is 1.63. The van der Waals surface area contributed by atoms with Gasteiger partial charge in [0.15, 0.2) is 3.70 Å². The minimum Gasteiger partial charge on any atom is -0.286 e. The zero-order valence-electron chi connectivity index (χ0n) is 6.97. The summed E-state index contributed by atoms with van der Waals surface area (Å²) in [6, 6.07) is 5.67. The number of rotatable bonds is 0. The summed E-state index contributed by atoms with van der Waals surface area (Å²) >= 11 is 1.93. The van der Waals surface area contributed by atoms with E-state index in [2.05, 4.69) is 10.2 Å². The van der Waals surface area contributed by atoms with E-state index in [4.69, 9.17) is 0 Å². The van der Waals surface area contributed by atoms with Gasteiger partial charge in [-0.25, -0.2) is 0 Å². The molecule has 0 saturated heterocycles. The molecule has 0 amide bonds. The second-order valence-electron chi connectivity index (χ2n) is 2.89. The highest BCUT2D eigenvalue weighted by molar-refractivity contribution is 14.1. The monoisotopic (exact) mass is 286 g/mol. The second kappa shape index (κ2) is 3.10. The van der Waals surface area contributed by atoms with Crippen LogP contribution in [0.25, 0.3) is 10.9 Å². The van der Waals surface area contributed by atoms with Crippen molar-refractivity contribution in [2.45, 2.75) is 6.92 Å². The third-order valence-electron chi connectivity index (χ3n) is 1.88. The van der Waals surface area contributed by atoms with Crippen LogP contribution in [0, 0.1) is 10.6 Å². The number of aryl methyl sites for hydroxylation is 1. The number of hydrogen-bond donors (Lipinski definition) is 1. The third-order valence-corrected chi connectivity index (χ3v) is 2.61. The summed E-state index contributed by atoms with van der Waals surface area (Å²) in [5, 5.41) is 7.44. The topological polar surface area (TPSA) is 45.8 Å². The maximum absolute atomic E-state index is 11.5. The minimum absolute atomic E-state index is 0.00523. The Balaban J connectivity index is 2.95. The predicted octanol–water partition coefficient (Wildman–Crippen LogP) is 1.84. The third kappa shape index (κ3) is 1.46. The predicted molar refractivity (Wildman–Crippen MR) is 59.8 cm³/mol. The highest BCUT2D eigenvalue weighted by atomic mass is 127. The van der Waals surface area contributed by atoms with E-state index in [-0.39, 0.29) is 5.43 Å². The number of H-pyrrole nitrogens is 1. The fraction of sp³-hybridized carbons (Fsp3) is 0.111. The minimum atomic E-state index is -0.00523. The lowest BCUT2D eigenvalue weighted by Crippen LogP contribution is -2.09. The molecule has 1 N–H and O–H groups in total. The van der Waals surface area contributed by atoms with Crippen molar-refractivity contribution in [2.24, 2.45) is 0 Å². The van der Waals surface area contributed by atoms with Gasteiger partial charge in [0.25, 0.3) is 0 Å². The molecule has 0 aliphatic rings. The molecular weight excluding hydrogens is 279 g/mol. The van der Waals surface area contributed by atoms with Gasteiger partial charge in [0.1, 0.15) is 0 Å². The van der Waals surface area contributed by atoms with E-state index in [0.717, 1.165) is 11.1 Å². The van der Waals surface area contributed by atoms with E-state index in [0.29, 0.717) is 9.09 Å². The Morgan fingerprint density at radius 2 is 2.23 bits per heavy atom. The van der Waals surface area contributed by atoms with Gasteiger partial charge in [-0.3, -0.25) is 9.89 Å². The van der Waals surface area contributed by atoms with E-state index in [1.807, 2.05) is 47.7 Å². The smallest absolute Gasteiger partial charge is 0.221 e. The van der Waals surface area contributed by atoms with E-state index >= 15 is 0 Å². The first-order valence-electron chi connectivity index (χ1n) is 3.83. The molecule has 0 bridgehead atoms. The van der Waals surface area contributed by atoms with E-state index in [1.54, 1.807) is 0 Å². The molecule has 3 nitrogen and oxygen atoms in total. The molecule has 1 heterocycles. The Bertz CT molecular complexity index is 518. The molecular formula is C9H7IN2O. The normalized spacial score (nSPS) is 10.6. The lowest BCUT2D eigenvalue weighted by Gasteiger charge is -1.98. The largest absolute Gasteiger partial charge is 0.286 e. The lowest BCUT2D eigenvalue weighted by atomic mass is 10.2. The van der Waals surface area contributed by atoms with Gasteiger partial charge < -0.3 is 0 Å². The van der Waals surface area contributed by atoms with Crippen molar-refractivity contribution in [1.29, 1.82) is 0 Å². The molecule has 1 aromatic heterocycles. The number of halogens is 1. The zero-order chi connectivity index (χ0) is 9.42. The van der Waals surface area contributed by atoms with Crippen molar-refractivity contribution in [3.63, 3.8) is 0 Å². The number of aromatic nitrogens is 2. The van der Waals surface area contributed by atoms with E-state index in [9.17, 15) is 4.79 Å². The molecule has 2 rings (SSSR count). The van der Waals surface area contributed by atoms with Gasteiger partial charge in [-0.2, -0.15) is 5.10 Å². The van der Waals surface area contributed by atoms with Gasteiger partial charge >= 0.3 is 0 Å². The Kier molecular flexibility index (Phi) is 2.07. The maximum atomic E-state index is 11.5. The van der Waals surface area contributed by atoms with Crippen LogP contribution in [0.5, 0.6) is 0 Å². The number of nitrogens with one attached hydrogen (secondary N) is 1. The summed E-state index contributed by atoms with van der Waals surface area (Å²) in [4.78, 5) is 11.5. The van der Waals surface area contributed by atoms with Crippen LogP contribution >= 0.6 is 22.6 Å². The molecule has 66 valence electrons. The molecule has 0 atom stereocenters. The first kappa shape index (κ1) is 8.68. The molecule has 1 aromatic carbocycles. The van der Waals surface area contributed by atoms with Crippen molar-refractivity contribution in [3.05, 3.63) is 37.7 Å². The van der Waals surface area contributed by atoms with Crippen molar-refractivity contribution < 1.29 is 0 Å². The number of fused-ring (bicyclic) bond motifs is 1. The van der Waals surface area contributed by atoms with Gasteiger partial charge in [-0.1, -0.05) is 6.07 Å². The van der Waals surface area contributed by atoms with Crippen LogP contribution < -0.4 is 5.43 Å². The molecule has 0 fully saturated rings. The van der Waals surface area contributed by atoms with Crippen LogP contribution in [-0.4, -0.2) is 10.2 Å². The molecule has 0 aliphatic heterocycles. The number of nitrogens with zero attached hydrogens (tertiary/aromatic N) is 1. The highest BCUT2D eigenvalue weighted by Crippen LogP contribution is 2.09. The van der Waals surface area contributed by atoms with Gasteiger partial charge in [-0.05, 0) is 47.2 Å². The standard InChI is InChI=1S/C9H7IN2O/c1-5-2-3-6-7(4-5)11-12-9(10)8(6)13/h2-4H,1H3,(H,11,13). The van der Waals surface area contributed by atoms with Gasteiger partial charge in [0.05, 0.1) is 5.52 Å². The maximum Gasteiger partial charge on any atom is 0.221 e. The molecule has 2 aromatic rings. The summed E-state index contributed by atoms with van der Waals surface area (Å²) in [6.07, 6.45) is 0. The molecule has 0 unspecified atom stereocenters. The Morgan fingerprint density at radius 1 is 1.46 bits per heavy atom. The molecule has 0 saturated carbocycles. The number of benzene rings is 1. The summed E-state index contributed by atoms with van der Waals surface area (Å²) in [6.45, 7) is 1.98. The van der Waals surface area contributed by atoms with Crippen LogP contribution in [0.2, 0.25) is 0 Å². The fourth-order valence-electron chi connectivity index (χ4n) is 1.22. The SMILES string of the molecule is Cc1ccc2c(=O)c(I)n[nH]c2c1. The van der Waals surface area contributed by atoms with Gasteiger partial charge in [0.2, 0.25) is 5.43 Å². The Labute approximate surface area is 88.3 Å². The average Bonchev–Trinajstić information content (AvgIpc) is 2.12. The Hall–Kier alpha value is -0.910. The number of hydrogen-bond acceptors (Lipinski definition) is 2. The molecule has 4 heteroatoms. The first-order valence-corrected chi connectivity index (χ1v) is 4.91. The lowest BCUT2D eigenvalue weighted by molar-refractivity contribution is 1.03. The van der Waals surface area contributed by atoms with Gasteiger partial charge in [-0.15, -0.1) is 0 Å². The molecule has 0 radical (unpaired) electrons. The van der Waals surface area contributed by atoms with Crippen molar-refractivity contribution >= 4 is 33.5 Å². The number of aromatic amines is 1. The average molecular weight is 286 g/mol. The Morgan fingerprint density at radius 3 is 3.00 bits per heavy atom. The molecule has 0 spiro atoms. The summed E-state index contributed by atoms with van der Waals surface area (Å²) < 4.78 is 0.481. The summed E-state index contributed by atoms with van der Waals surface area (Å²) in [5.74, 6) is 0. The van der Waals surface area contributed by atoms with E-state index < -0.39 is 0 Å². The molecule has 0 aliphatic carbocycles. The zero-order valence-corrected chi connectivity index (χ0v) is 9.12. The molecule has 13 heavy (non-hydrogen) atoms. The van der Waals surface area contributed by atoms with E-state index in [1.165, 1.54) is 0 Å². The summed E-state index contributed by atoms with van der Waals surface area (Å²) in [5.41, 5.74) is 1.91. The first-order chi connectivity index (χ1) is 6.18. The second-order valence-corrected chi connectivity index (χ2v) is 3.91. The summed E-state index contributed by atoms with van der Waals surface area (Å²) in [7, 11) is 0. The van der Waals surface area contributed by atoms with Crippen molar-refractivity contribution in [2.75, 3.05) is 0 Å². The van der Waals surface area contributed by atoms with Crippen LogP contribution in [0.4, 0.5) is 0 Å². The van der Waals surface area contributed by atoms with Crippen LogP contribution in [0.3, 0.4) is 0 Å². The quantitative estimate of drug-likeness (QED) is 0.751. The van der Waals surface area contributed by atoms with Gasteiger partial charge in [0, 0.05) is 5.39 Å². The van der Waals surface area contributed by atoms with Crippen molar-refractivity contribution in [1.82, 2.24) is 10.2 Å². The van der Waals surface area contributed by atoms with Crippen molar-refractivity contribution in [3.8, 4) is 0 Å². The van der Waals surface area contributed by atoms with Crippen LogP contribution in [0.1, 0.15) is 5.56 Å².